The number of hydrogen-bond donors (Lipinski definition) is 1. The molecule has 0 aliphatic rings. The summed E-state index contributed by atoms with van der Waals surface area (Å²) in [7, 11) is 3.98. The van der Waals surface area contributed by atoms with Crippen LogP contribution in [-0.2, 0) is 11.3 Å². The van der Waals surface area contributed by atoms with E-state index in [1.165, 1.54) is 11.0 Å². The summed E-state index contributed by atoms with van der Waals surface area (Å²) in [6.45, 7) is 0.844. The van der Waals surface area contributed by atoms with E-state index in [0.717, 1.165) is 12.1 Å². The van der Waals surface area contributed by atoms with Crippen molar-refractivity contribution in [1.29, 1.82) is 0 Å². The van der Waals surface area contributed by atoms with Gasteiger partial charge in [0.05, 0.1) is 0 Å². The fraction of sp³-hybridized carbons (Fsp3) is 0.300. The summed E-state index contributed by atoms with van der Waals surface area (Å²) >= 11 is 1.64. The fourth-order valence-corrected chi connectivity index (χ4v) is 2.06. The number of carbonyl (C=O) groups is 1. The summed E-state index contributed by atoms with van der Waals surface area (Å²) in [6.07, 6.45) is 2.80. The zero-order chi connectivity index (χ0) is 10.6. The summed E-state index contributed by atoms with van der Waals surface area (Å²) < 4.78 is 0. The molecule has 0 fully saturated rings. The van der Waals surface area contributed by atoms with Gasteiger partial charge in [-0.2, -0.15) is 0 Å². The first-order valence-corrected chi connectivity index (χ1v) is 5.09. The number of nitrogens with zero attached hydrogens (tertiary/aromatic N) is 1. The number of hydrogen-bond acceptors (Lipinski definition) is 3. The van der Waals surface area contributed by atoms with E-state index in [4.69, 9.17) is 5.11 Å². The third kappa shape index (κ3) is 3.32. The highest BCUT2D eigenvalue weighted by molar-refractivity contribution is 7.10. The van der Waals surface area contributed by atoms with Crippen molar-refractivity contribution in [2.24, 2.45) is 0 Å². The largest absolute Gasteiger partial charge is 0.478 e. The van der Waals surface area contributed by atoms with Crippen LogP contribution in [0, 0.1) is 0 Å². The van der Waals surface area contributed by atoms with E-state index < -0.39 is 5.97 Å². The molecular formula is C10H13NO2S. The van der Waals surface area contributed by atoms with Crippen molar-refractivity contribution in [3.63, 3.8) is 0 Å². The molecule has 1 N–H and O–H groups in total. The third-order valence-electron chi connectivity index (χ3n) is 1.65. The molecule has 1 rings (SSSR count). The molecule has 3 nitrogen and oxygen atoms in total. The lowest BCUT2D eigenvalue weighted by Crippen LogP contribution is -2.10. The Labute approximate surface area is 87.3 Å². The van der Waals surface area contributed by atoms with Crippen LogP contribution in [0.25, 0.3) is 6.08 Å². The van der Waals surface area contributed by atoms with Gasteiger partial charge in [0.25, 0.3) is 0 Å². The smallest absolute Gasteiger partial charge is 0.328 e. The second-order valence-corrected chi connectivity index (χ2v) is 4.21. The maximum atomic E-state index is 10.3. The molecule has 0 radical (unpaired) electrons. The highest BCUT2D eigenvalue weighted by Gasteiger charge is 2.02. The molecule has 0 unspecified atom stereocenters. The molecule has 0 aliphatic heterocycles. The van der Waals surface area contributed by atoms with Gasteiger partial charge < -0.3 is 10.0 Å². The Balaban J connectivity index is 2.77. The summed E-state index contributed by atoms with van der Waals surface area (Å²) in [6, 6.07) is 1.93. The highest BCUT2D eigenvalue weighted by atomic mass is 32.1. The number of aliphatic carboxylic acids is 1. The summed E-state index contributed by atoms with van der Waals surface area (Å²) in [4.78, 5) is 13.6. The van der Waals surface area contributed by atoms with Crippen molar-refractivity contribution in [2.45, 2.75) is 6.54 Å². The minimum absolute atomic E-state index is 0.844. The van der Waals surface area contributed by atoms with Gasteiger partial charge >= 0.3 is 5.97 Å². The predicted molar refractivity (Wildman–Crippen MR) is 58.4 cm³/mol. The lowest BCUT2D eigenvalue weighted by molar-refractivity contribution is -0.131. The van der Waals surface area contributed by atoms with Crippen LogP contribution in [0.3, 0.4) is 0 Å². The van der Waals surface area contributed by atoms with Crippen molar-refractivity contribution < 1.29 is 9.90 Å². The van der Waals surface area contributed by atoms with Gasteiger partial charge in [-0.15, -0.1) is 11.3 Å². The molecule has 0 saturated heterocycles. The number of carboxylic acid groups (broad SMARTS) is 1. The van der Waals surface area contributed by atoms with Crippen molar-refractivity contribution in [3.8, 4) is 0 Å². The SMILES string of the molecule is CN(C)Cc1sccc1C=CC(=O)O. The minimum Gasteiger partial charge on any atom is -0.478 e. The zero-order valence-electron chi connectivity index (χ0n) is 8.23. The molecule has 0 aromatic carbocycles. The van der Waals surface area contributed by atoms with Gasteiger partial charge in [0, 0.05) is 17.5 Å². The predicted octanol–water partition coefficient (Wildman–Crippen LogP) is 1.91. The molecule has 1 aromatic heterocycles. The van der Waals surface area contributed by atoms with Gasteiger partial charge in [0.15, 0.2) is 0 Å². The Morgan fingerprint density at radius 3 is 2.93 bits per heavy atom. The summed E-state index contributed by atoms with van der Waals surface area (Å²) in [5, 5.41) is 10.5. The van der Waals surface area contributed by atoms with Gasteiger partial charge in [-0.05, 0) is 37.2 Å². The average molecular weight is 211 g/mol. The van der Waals surface area contributed by atoms with Crippen LogP contribution < -0.4 is 0 Å². The Morgan fingerprint density at radius 1 is 1.64 bits per heavy atom. The second kappa shape index (κ2) is 4.93. The maximum absolute atomic E-state index is 10.3. The number of thiophene rings is 1. The van der Waals surface area contributed by atoms with Crippen LogP contribution in [0.5, 0.6) is 0 Å². The zero-order valence-corrected chi connectivity index (χ0v) is 9.04. The average Bonchev–Trinajstić information content (AvgIpc) is 2.47. The molecule has 1 heterocycles. The second-order valence-electron chi connectivity index (χ2n) is 3.21. The van der Waals surface area contributed by atoms with Gasteiger partial charge in [0.2, 0.25) is 0 Å². The van der Waals surface area contributed by atoms with E-state index >= 15 is 0 Å². The summed E-state index contributed by atoms with van der Waals surface area (Å²) in [5.74, 6) is -0.910. The molecule has 0 amide bonds. The van der Waals surface area contributed by atoms with Crippen LogP contribution in [0.4, 0.5) is 0 Å². The van der Waals surface area contributed by atoms with Gasteiger partial charge in [-0.1, -0.05) is 0 Å². The van der Waals surface area contributed by atoms with Crippen molar-refractivity contribution in [2.75, 3.05) is 14.1 Å². The molecule has 14 heavy (non-hydrogen) atoms. The molecule has 0 atom stereocenters. The lowest BCUT2D eigenvalue weighted by atomic mass is 10.2. The highest BCUT2D eigenvalue weighted by Crippen LogP contribution is 2.19. The first-order chi connectivity index (χ1) is 6.59. The van der Waals surface area contributed by atoms with Crippen LogP contribution in [0.1, 0.15) is 10.4 Å². The van der Waals surface area contributed by atoms with E-state index in [1.54, 1.807) is 17.4 Å². The van der Waals surface area contributed by atoms with Crippen LogP contribution >= 0.6 is 11.3 Å². The third-order valence-corrected chi connectivity index (χ3v) is 2.57. The van der Waals surface area contributed by atoms with Gasteiger partial charge in [0.1, 0.15) is 0 Å². The lowest BCUT2D eigenvalue weighted by Gasteiger charge is -2.07. The maximum Gasteiger partial charge on any atom is 0.328 e. The Morgan fingerprint density at radius 2 is 2.36 bits per heavy atom. The molecule has 0 spiro atoms. The Kier molecular flexibility index (Phi) is 3.85. The molecule has 4 heteroatoms. The molecule has 1 aromatic rings. The van der Waals surface area contributed by atoms with Gasteiger partial charge in [-0.25, -0.2) is 4.79 Å². The van der Waals surface area contributed by atoms with Crippen molar-refractivity contribution in [3.05, 3.63) is 28.0 Å². The first kappa shape index (κ1) is 10.9. The Hall–Kier alpha value is -1.13. The van der Waals surface area contributed by atoms with E-state index in [-0.39, 0.29) is 0 Å². The number of rotatable bonds is 4. The normalized spacial score (nSPS) is 11.4. The van der Waals surface area contributed by atoms with Crippen molar-refractivity contribution in [1.82, 2.24) is 4.90 Å². The van der Waals surface area contributed by atoms with Crippen LogP contribution in [-0.4, -0.2) is 30.1 Å². The van der Waals surface area contributed by atoms with E-state index in [0.29, 0.717) is 0 Å². The molecular weight excluding hydrogens is 198 g/mol. The monoisotopic (exact) mass is 211 g/mol. The van der Waals surface area contributed by atoms with E-state index in [9.17, 15) is 4.79 Å². The van der Waals surface area contributed by atoms with Crippen molar-refractivity contribution >= 4 is 23.4 Å². The standard InChI is InChI=1S/C10H13NO2S/c1-11(2)7-9-8(5-6-14-9)3-4-10(12)13/h3-6H,7H2,1-2H3,(H,12,13). The minimum atomic E-state index is -0.910. The van der Waals surface area contributed by atoms with E-state index in [2.05, 4.69) is 4.90 Å². The Bertz CT molecular complexity index is 342. The number of carboxylic acids is 1. The quantitative estimate of drug-likeness (QED) is 0.773. The van der Waals surface area contributed by atoms with Crippen LogP contribution in [0.15, 0.2) is 17.5 Å². The molecule has 76 valence electrons. The van der Waals surface area contributed by atoms with Gasteiger partial charge in [-0.3, -0.25) is 0 Å². The van der Waals surface area contributed by atoms with Crippen LogP contribution in [0.2, 0.25) is 0 Å². The first-order valence-electron chi connectivity index (χ1n) is 4.21. The molecule has 0 aliphatic carbocycles. The topological polar surface area (TPSA) is 40.5 Å². The molecule has 0 saturated carbocycles. The fourth-order valence-electron chi connectivity index (χ4n) is 1.08. The molecule has 0 bridgehead atoms. The van der Waals surface area contributed by atoms with E-state index in [1.807, 2.05) is 25.5 Å². The summed E-state index contributed by atoms with van der Waals surface area (Å²) in [5.41, 5.74) is 0.992.